The van der Waals surface area contributed by atoms with Crippen molar-refractivity contribution in [3.8, 4) is 0 Å². The van der Waals surface area contributed by atoms with Crippen LogP contribution in [0.5, 0.6) is 0 Å². The van der Waals surface area contributed by atoms with E-state index in [1.54, 1.807) is 12.2 Å². The number of ketones is 1. The molecule has 5 nitrogen and oxygen atoms in total. The Morgan fingerprint density at radius 1 is 1.25 bits per heavy atom. The molecule has 1 fully saturated rings. The van der Waals surface area contributed by atoms with Crippen LogP contribution in [0.2, 0.25) is 0 Å². The van der Waals surface area contributed by atoms with Crippen molar-refractivity contribution in [3.05, 3.63) is 23.8 Å². The Hall–Kier alpha value is -1.01. The van der Waals surface area contributed by atoms with E-state index in [9.17, 15) is 15.0 Å². The second-order valence-corrected chi connectivity index (χ2v) is 5.17. The standard InChI is InChI=1S/C15H22O5/c16-12-9-11(13(17)10-12)5-3-1-2-4-6-14-15(18)20-8-7-19-14/h3,5,9,12,14-16,18H,1-2,4,6-8,10H2. The zero-order chi connectivity index (χ0) is 14.4. The number of Topliss-reactive ketones (excluding diaryl/α,β-unsaturated/α-hetero) is 1. The minimum Gasteiger partial charge on any atom is -0.389 e. The van der Waals surface area contributed by atoms with E-state index in [4.69, 9.17) is 9.47 Å². The molecule has 3 unspecified atom stereocenters. The Labute approximate surface area is 118 Å². The number of allylic oxidation sites excluding steroid dienone is 3. The summed E-state index contributed by atoms with van der Waals surface area (Å²) in [5.74, 6) is 0.00428. The van der Waals surface area contributed by atoms with Crippen LogP contribution in [0.4, 0.5) is 0 Å². The van der Waals surface area contributed by atoms with E-state index >= 15 is 0 Å². The molecule has 0 radical (unpaired) electrons. The third-order valence-corrected chi connectivity index (χ3v) is 3.52. The third kappa shape index (κ3) is 4.52. The molecule has 1 saturated heterocycles. The average molecular weight is 282 g/mol. The number of carbonyl (C=O) groups excluding carboxylic acids is 1. The number of rotatable bonds is 6. The Kier molecular flexibility index (Phi) is 5.91. The lowest BCUT2D eigenvalue weighted by Crippen LogP contribution is -2.38. The maximum atomic E-state index is 11.4. The summed E-state index contributed by atoms with van der Waals surface area (Å²) in [6.45, 7) is 0.996. The lowest BCUT2D eigenvalue weighted by atomic mass is 10.1. The third-order valence-electron chi connectivity index (χ3n) is 3.52. The van der Waals surface area contributed by atoms with Gasteiger partial charge in [0.15, 0.2) is 12.1 Å². The first-order chi connectivity index (χ1) is 9.66. The molecule has 0 aromatic heterocycles. The highest BCUT2D eigenvalue weighted by atomic mass is 16.7. The second-order valence-electron chi connectivity index (χ2n) is 5.17. The summed E-state index contributed by atoms with van der Waals surface area (Å²) >= 11 is 0. The minimum atomic E-state index is -0.804. The van der Waals surface area contributed by atoms with E-state index in [0.29, 0.717) is 18.8 Å². The van der Waals surface area contributed by atoms with Crippen molar-refractivity contribution in [1.29, 1.82) is 0 Å². The molecule has 2 rings (SSSR count). The zero-order valence-electron chi connectivity index (χ0n) is 11.5. The first-order valence-corrected chi connectivity index (χ1v) is 7.17. The van der Waals surface area contributed by atoms with Crippen LogP contribution in [0.3, 0.4) is 0 Å². The van der Waals surface area contributed by atoms with Crippen LogP contribution in [0.15, 0.2) is 23.8 Å². The minimum absolute atomic E-state index is 0.00428. The van der Waals surface area contributed by atoms with Gasteiger partial charge in [-0.1, -0.05) is 18.6 Å². The monoisotopic (exact) mass is 282 g/mol. The van der Waals surface area contributed by atoms with Crippen molar-refractivity contribution >= 4 is 5.78 Å². The number of carbonyl (C=O) groups is 1. The van der Waals surface area contributed by atoms with Crippen molar-refractivity contribution in [2.24, 2.45) is 0 Å². The van der Waals surface area contributed by atoms with Crippen LogP contribution in [0.25, 0.3) is 0 Å². The highest BCUT2D eigenvalue weighted by Crippen LogP contribution is 2.17. The van der Waals surface area contributed by atoms with Gasteiger partial charge in [-0.05, 0) is 25.3 Å². The van der Waals surface area contributed by atoms with E-state index in [2.05, 4.69) is 0 Å². The average Bonchev–Trinajstić information content (AvgIpc) is 2.74. The number of ether oxygens (including phenoxy) is 2. The topological polar surface area (TPSA) is 76.0 Å². The molecule has 0 bridgehead atoms. The second kappa shape index (κ2) is 7.69. The van der Waals surface area contributed by atoms with Gasteiger partial charge in [-0.25, -0.2) is 0 Å². The van der Waals surface area contributed by atoms with Gasteiger partial charge >= 0.3 is 0 Å². The molecule has 5 heteroatoms. The maximum absolute atomic E-state index is 11.4. The molecular formula is C15H22O5. The predicted octanol–water partition coefficient (Wildman–Crippen LogP) is 1.10. The van der Waals surface area contributed by atoms with Gasteiger partial charge in [0.05, 0.1) is 19.3 Å². The van der Waals surface area contributed by atoms with E-state index < -0.39 is 12.4 Å². The van der Waals surface area contributed by atoms with E-state index in [1.165, 1.54) is 0 Å². The van der Waals surface area contributed by atoms with Gasteiger partial charge in [-0.2, -0.15) is 0 Å². The van der Waals surface area contributed by atoms with Crippen LogP contribution in [-0.2, 0) is 14.3 Å². The number of aliphatic hydroxyl groups excluding tert-OH is 2. The summed E-state index contributed by atoms with van der Waals surface area (Å²) in [4.78, 5) is 11.4. The van der Waals surface area contributed by atoms with Crippen molar-refractivity contribution in [3.63, 3.8) is 0 Å². The smallest absolute Gasteiger partial charge is 0.181 e. The Morgan fingerprint density at radius 3 is 2.75 bits per heavy atom. The number of aliphatic hydroxyl groups is 2. The maximum Gasteiger partial charge on any atom is 0.181 e. The number of unbranched alkanes of at least 4 members (excludes halogenated alkanes) is 2. The van der Waals surface area contributed by atoms with Crippen LogP contribution >= 0.6 is 0 Å². The largest absolute Gasteiger partial charge is 0.389 e. The van der Waals surface area contributed by atoms with Gasteiger partial charge in [-0.3, -0.25) is 4.79 Å². The van der Waals surface area contributed by atoms with Crippen LogP contribution in [-0.4, -0.2) is 47.7 Å². The fraction of sp³-hybridized carbons (Fsp3) is 0.667. The summed E-state index contributed by atoms with van der Waals surface area (Å²) in [7, 11) is 0. The number of hydrogen-bond acceptors (Lipinski definition) is 5. The molecule has 1 aliphatic carbocycles. The summed E-state index contributed by atoms with van der Waals surface area (Å²) in [6, 6.07) is 0. The summed E-state index contributed by atoms with van der Waals surface area (Å²) in [5, 5.41) is 18.8. The van der Waals surface area contributed by atoms with Crippen molar-refractivity contribution in [1.82, 2.24) is 0 Å². The van der Waals surface area contributed by atoms with Gasteiger partial charge in [-0.15, -0.1) is 0 Å². The van der Waals surface area contributed by atoms with Crippen molar-refractivity contribution in [2.75, 3.05) is 13.2 Å². The normalized spacial score (nSPS) is 31.0. The Morgan fingerprint density at radius 2 is 2.05 bits per heavy atom. The molecule has 20 heavy (non-hydrogen) atoms. The highest BCUT2D eigenvalue weighted by Gasteiger charge is 2.23. The van der Waals surface area contributed by atoms with E-state index in [0.717, 1.165) is 25.7 Å². The van der Waals surface area contributed by atoms with Crippen molar-refractivity contribution in [2.45, 2.75) is 50.6 Å². The first kappa shape index (κ1) is 15.4. The van der Waals surface area contributed by atoms with E-state index in [-0.39, 0.29) is 18.3 Å². The Bertz CT molecular complexity index is 388. The van der Waals surface area contributed by atoms with Crippen LogP contribution in [0, 0.1) is 0 Å². The molecule has 0 amide bonds. The summed E-state index contributed by atoms with van der Waals surface area (Å²) < 4.78 is 10.5. The van der Waals surface area contributed by atoms with Gasteiger partial charge in [0.2, 0.25) is 0 Å². The predicted molar refractivity (Wildman–Crippen MR) is 73.0 cm³/mol. The van der Waals surface area contributed by atoms with Gasteiger partial charge in [0.25, 0.3) is 0 Å². The van der Waals surface area contributed by atoms with Gasteiger partial charge < -0.3 is 19.7 Å². The Balaban J connectivity index is 1.59. The lowest BCUT2D eigenvalue weighted by Gasteiger charge is -2.28. The molecule has 1 heterocycles. The van der Waals surface area contributed by atoms with Gasteiger partial charge in [0, 0.05) is 12.0 Å². The first-order valence-electron chi connectivity index (χ1n) is 7.17. The molecule has 0 aromatic carbocycles. The molecule has 2 N–H and O–H groups in total. The molecule has 3 atom stereocenters. The molecular weight excluding hydrogens is 260 g/mol. The van der Waals surface area contributed by atoms with Crippen LogP contribution in [0.1, 0.15) is 32.1 Å². The fourth-order valence-electron chi connectivity index (χ4n) is 2.42. The molecule has 112 valence electrons. The molecule has 0 spiro atoms. The SMILES string of the molecule is O=C1CC(O)C=C1C=CCCCCC1OCCOC1O. The summed E-state index contributed by atoms with van der Waals surface area (Å²) in [6.07, 6.45) is 7.44. The quantitative estimate of drug-likeness (QED) is 0.713. The van der Waals surface area contributed by atoms with E-state index in [1.807, 2.05) is 6.08 Å². The van der Waals surface area contributed by atoms with Crippen LogP contribution < -0.4 is 0 Å². The summed E-state index contributed by atoms with van der Waals surface area (Å²) in [5.41, 5.74) is 0.608. The lowest BCUT2D eigenvalue weighted by molar-refractivity contribution is -0.227. The fourth-order valence-corrected chi connectivity index (χ4v) is 2.42. The molecule has 0 saturated carbocycles. The zero-order valence-corrected chi connectivity index (χ0v) is 11.5. The number of hydrogen-bond donors (Lipinski definition) is 2. The highest BCUT2D eigenvalue weighted by molar-refractivity contribution is 6.00. The molecule has 1 aliphatic heterocycles. The molecule has 2 aliphatic rings. The van der Waals surface area contributed by atoms with Gasteiger partial charge in [0.1, 0.15) is 6.10 Å². The molecule has 0 aromatic rings. The van der Waals surface area contributed by atoms with Crippen molar-refractivity contribution < 1.29 is 24.5 Å².